The fourth-order valence-corrected chi connectivity index (χ4v) is 2.05. The van der Waals surface area contributed by atoms with Crippen molar-refractivity contribution in [1.29, 1.82) is 0 Å². The molecular formula is C13H23NO3. The van der Waals surface area contributed by atoms with E-state index in [0.717, 1.165) is 19.3 Å². The molecule has 0 aromatic rings. The van der Waals surface area contributed by atoms with E-state index in [2.05, 4.69) is 5.32 Å². The van der Waals surface area contributed by atoms with Gasteiger partial charge in [-0.15, -0.1) is 0 Å². The van der Waals surface area contributed by atoms with E-state index < -0.39 is 12.0 Å². The monoisotopic (exact) mass is 241 g/mol. The predicted octanol–water partition coefficient (Wildman–Crippen LogP) is 2.33. The van der Waals surface area contributed by atoms with Crippen LogP contribution in [0.1, 0.15) is 58.3 Å². The third kappa shape index (κ3) is 5.20. The first-order valence-electron chi connectivity index (χ1n) is 6.65. The van der Waals surface area contributed by atoms with Crippen LogP contribution in [0.25, 0.3) is 0 Å². The van der Waals surface area contributed by atoms with Crippen LogP contribution in [0.4, 0.5) is 0 Å². The van der Waals surface area contributed by atoms with Gasteiger partial charge in [0.05, 0.1) is 0 Å². The van der Waals surface area contributed by atoms with E-state index in [0.29, 0.717) is 18.8 Å². The maximum Gasteiger partial charge on any atom is 0.326 e. The number of aliphatic carboxylic acids is 1. The molecule has 1 rings (SSSR count). The van der Waals surface area contributed by atoms with Crippen molar-refractivity contribution in [2.24, 2.45) is 5.92 Å². The molecule has 1 atom stereocenters. The van der Waals surface area contributed by atoms with Crippen LogP contribution in [0.15, 0.2) is 0 Å². The molecule has 0 saturated heterocycles. The Balaban J connectivity index is 2.22. The quantitative estimate of drug-likeness (QED) is 0.685. The number of carboxylic acid groups (broad SMARTS) is 1. The van der Waals surface area contributed by atoms with Crippen LogP contribution in [-0.2, 0) is 9.59 Å². The zero-order valence-corrected chi connectivity index (χ0v) is 10.6. The van der Waals surface area contributed by atoms with Crippen LogP contribution in [0.3, 0.4) is 0 Å². The Kier molecular flexibility index (Phi) is 6.01. The van der Waals surface area contributed by atoms with E-state index in [-0.39, 0.29) is 5.91 Å². The Bertz CT molecular complexity index is 261. The van der Waals surface area contributed by atoms with Crippen molar-refractivity contribution in [3.8, 4) is 0 Å². The van der Waals surface area contributed by atoms with E-state index in [9.17, 15) is 9.59 Å². The number of rotatable bonds is 8. The molecule has 0 aliphatic heterocycles. The molecule has 0 radical (unpaired) electrons. The highest BCUT2D eigenvalue weighted by molar-refractivity contribution is 5.83. The van der Waals surface area contributed by atoms with Crippen molar-refractivity contribution >= 4 is 11.9 Å². The SMILES string of the molecule is CCCCC(NC(=O)CCC1CCC1)C(=O)O. The highest BCUT2D eigenvalue weighted by atomic mass is 16.4. The Morgan fingerprint density at radius 2 is 2.12 bits per heavy atom. The van der Waals surface area contributed by atoms with Gasteiger partial charge in [-0.3, -0.25) is 4.79 Å². The number of nitrogens with one attached hydrogen (secondary N) is 1. The average Bonchev–Trinajstić information content (AvgIpc) is 2.21. The first kappa shape index (κ1) is 14.0. The zero-order valence-electron chi connectivity index (χ0n) is 10.6. The number of carbonyl (C=O) groups is 2. The van der Waals surface area contributed by atoms with Crippen molar-refractivity contribution in [3.05, 3.63) is 0 Å². The third-order valence-electron chi connectivity index (χ3n) is 3.48. The molecule has 2 N–H and O–H groups in total. The summed E-state index contributed by atoms with van der Waals surface area (Å²) in [6.07, 6.45) is 7.42. The first-order valence-corrected chi connectivity index (χ1v) is 6.65. The summed E-state index contributed by atoms with van der Waals surface area (Å²) in [6, 6.07) is -0.705. The Hall–Kier alpha value is -1.06. The number of hydrogen-bond acceptors (Lipinski definition) is 2. The van der Waals surface area contributed by atoms with Crippen LogP contribution in [-0.4, -0.2) is 23.0 Å². The molecule has 0 aromatic heterocycles. The number of unbranched alkanes of at least 4 members (excludes halogenated alkanes) is 1. The molecule has 1 aliphatic rings. The Morgan fingerprint density at radius 1 is 1.41 bits per heavy atom. The van der Waals surface area contributed by atoms with Crippen LogP contribution in [0.2, 0.25) is 0 Å². The first-order chi connectivity index (χ1) is 8.13. The summed E-state index contributed by atoms with van der Waals surface area (Å²) < 4.78 is 0. The van der Waals surface area contributed by atoms with Gasteiger partial charge in [-0.2, -0.15) is 0 Å². The molecule has 98 valence electrons. The lowest BCUT2D eigenvalue weighted by Crippen LogP contribution is -2.40. The molecule has 0 heterocycles. The minimum Gasteiger partial charge on any atom is -0.480 e. The van der Waals surface area contributed by atoms with Gasteiger partial charge in [0.1, 0.15) is 6.04 Å². The van der Waals surface area contributed by atoms with Crippen molar-refractivity contribution < 1.29 is 14.7 Å². The fourth-order valence-electron chi connectivity index (χ4n) is 2.05. The molecule has 1 aliphatic carbocycles. The standard InChI is InChI=1S/C13H23NO3/c1-2-3-7-11(13(16)17)14-12(15)9-8-10-5-4-6-10/h10-11H,2-9H2,1H3,(H,14,15)(H,16,17). The summed E-state index contributed by atoms with van der Waals surface area (Å²) in [5, 5.41) is 11.6. The number of amides is 1. The molecule has 1 unspecified atom stereocenters. The van der Waals surface area contributed by atoms with Crippen LogP contribution < -0.4 is 5.32 Å². The second-order valence-corrected chi connectivity index (χ2v) is 4.94. The van der Waals surface area contributed by atoms with E-state index in [1.54, 1.807) is 0 Å². The van der Waals surface area contributed by atoms with Crippen molar-refractivity contribution in [1.82, 2.24) is 5.32 Å². The van der Waals surface area contributed by atoms with E-state index in [1.165, 1.54) is 19.3 Å². The Morgan fingerprint density at radius 3 is 2.59 bits per heavy atom. The fraction of sp³-hybridized carbons (Fsp3) is 0.846. The van der Waals surface area contributed by atoms with E-state index >= 15 is 0 Å². The molecule has 1 saturated carbocycles. The third-order valence-corrected chi connectivity index (χ3v) is 3.48. The van der Waals surface area contributed by atoms with Gasteiger partial charge in [0.15, 0.2) is 0 Å². The Labute approximate surface area is 103 Å². The van der Waals surface area contributed by atoms with Crippen LogP contribution in [0.5, 0.6) is 0 Å². The molecular weight excluding hydrogens is 218 g/mol. The van der Waals surface area contributed by atoms with Gasteiger partial charge in [0.25, 0.3) is 0 Å². The molecule has 4 heteroatoms. The molecule has 1 fully saturated rings. The highest BCUT2D eigenvalue weighted by Gasteiger charge is 2.21. The largest absolute Gasteiger partial charge is 0.480 e. The van der Waals surface area contributed by atoms with Gasteiger partial charge in [-0.05, 0) is 18.8 Å². The number of hydrogen-bond donors (Lipinski definition) is 2. The lowest BCUT2D eigenvalue weighted by molar-refractivity contribution is -0.142. The van der Waals surface area contributed by atoms with Gasteiger partial charge in [-0.25, -0.2) is 4.79 Å². The van der Waals surface area contributed by atoms with Crippen LogP contribution >= 0.6 is 0 Å². The second kappa shape index (κ2) is 7.30. The van der Waals surface area contributed by atoms with Gasteiger partial charge < -0.3 is 10.4 Å². The van der Waals surface area contributed by atoms with Gasteiger partial charge in [0.2, 0.25) is 5.91 Å². The molecule has 0 aromatic carbocycles. The summed E-state index contributed by atoms with van der Waals surface area (Å²) >= 11 is 0. The average molecular weight is 241 g/mol. The maximum absolute atomic E-state index is 11.6. The molecule has 1 amide bonds. The lowest BCUT2D eigenvalue weighted by Gasteiger charge is -2.25. The normalized spacial score (nSPS) is 17.2. The summed E-state index contributed by atoms with van der Waals surface area (Å²) in [7, 11) is 0. The number of carbonyl (C=O) groups excluding carboxylic acids is 1. The summed E-state index contributed by atoms with van der Waals surface area (Å²) in [6.45, 7) is 2.01. The molecule has 0 bridgehead atoms. The van der Waals surface area contributed by atoms with Crippen molar-refractivity contribution in [3.63, 3.8) is 0 Å². The van der Waals surface area contributed by atoms with Crippen LogP contribution in [0, 0.1) is 5.92 Å². The lowest BCUT2D eigenvalue weighted by atomic mass is 9.82. The number of carboxylic acids is 1. The summed E-state index contributed by atoms with van der Waals surface area (Å²) in [5.41, 5.74) is 0. The van der Waals surface area contributed by atoms with Gasteiger partial charge in [-0.1, -0.05) is 39.0 Å². The molecule has 0 spiro atoms. The minimum absolute atomic E-state index is 0.111. The smallest absolute Gasteiger partial charge is 0.326 e. The van der Waals surface area contributed by atoms with Gasteiger partial charge in [0, 0.05) is 6.42 Å². The topological polar surface area (TPSA) is 66.4 Å². The van der Waals surface area contributed by atoms with E-state index in [4.69, 9.17) is 5.11 Å². The minimum atomic E-state index is -0.921. The summed E-state index contributed by atoms with van der Waals surface area (Å²) in [5.74, 6) is -0.337. The zero-order chi connectivity index (χ0) is 12.7. The molecule has 17 heavy (non-hydrogen) atoms. The summed E-state index contributed by atoms with van der Waals surface area (Å²) in [4.78, 5) is 22.5. The van der Waals surface area contributed by atoms with Gasteiger partial charge >= 0.3 is 5.97 Å². The van der Waals surface area contributed by atoms with Crippen molar-refractivity contribution in [2.45, 2.75) is 64.3 Å². The highest BCUT2D eigenvalue weighted by Crippen LogP contribution is 2.30. The predicted molar refractivity (Wildman–Crippen MR) is 65.7 cm³/mol. The molecule has 4 nitrogen and oxygen atoms in total. The second-order valence-electron chi connectivity index (χ2n) is 4.94. The van der Waals surface area contributed by atoms with Crippen molar-refractivity contribution in [2.75, 3.05) is 0 Å². The van der Waals surface area contributed by atoms with E-state index in [1.807, 2.05) is 6.92 Å². The maximum atomic E-state index is 11.6.